The monoisotopic (exact) mass is 448 g/mol. The Labute approximate surface area is 192 Å². The first-order valence-corrected chi connectivity index (χ1v) is 10.4. The largest absolute Gasteiger partial charge is 0.490 e. The predicted octanol–water partition coefficient (Wildman–Crippen LogP) is 4.84. The van der Waals surface area contributed by atoms with E-state index in [1.165, 1.54) is 0 Å². The minimum atomic E-state index is -0.319. The first-order chi connectivity index (χ1) is 15.6. The molecule has 3 aromatic rings. The molecular formula is C25H24N2O4S. The maximum Gasteiger partial charge on any atom is 0.257 e. The number of carbonyl (C=O) groups excluding carboxylic acids is 1. The van der Waals surface area contributed by atoms with E-state index in [-0.39, 0.29) is 11.0 Å². The summed E-state index contributed by atoms with van der Waals surface area (Å²) >= 11 is 5.24. The minimum absolute atomic E-state index is 0.189. The molecule has 32 heavy (non-hydrogen) atoms. The highest BCUT2D eigenvalue weighted by molar-refractivity contribution is 7.80. The Bertz CT molecular complexity index is 1040. The van der Waals surface area contributed by atoms with Crippen molar-refractivity contribution in [3.8, 4) is 17.2 Å². The summed E-state index contributed by atoms with van der Waals surface area (Å²) in [4.78, 5) is 12.4. The molecule has 0 bridgehead atoms. The molecule has 0 saturated carbocycles. The third-order valence-electron chi connectivity index (χ3n) is 4.17. The van der Waals surface area contributed by atoms with Crippen molar-refractivity contribution in [1.29, 1.82) is 0 Å². The molecule has 7 heteroatoms. The highest BCUT2D eigenvalue weighted by atomic mass is 32.1. The normalized spacial score (nSPS) is 10.0. The van der Waals surface area contributed by atoms with Gasteiger partial charge in [0.1, 0.15) is 37.1 Å². The maximum atomic E-state index is 12.4. The summed E-state index contributed by atoms with van der Waals surface area (Å²) in [6, 6.07) is 23.6. The lowest BCUT2D eigenvalue weighted by atomic mass is 10.2. The lowest BCUT2D eigenvalue weighted by molar-refractivity contribution is 0.0977. The fraction of sp³-hybridized carbons (Fsp3) is 0.120. The molecule has 0 radical (unpaired) electrons. The van der Waals surface area contributed by atoms with Gasteiger partial charge >= 0.3 is 0 Å². The van der Waals surface area contributed by atoms with Gasteiger partial charge in [-0.1, -0.05) is 36.9 Å². The number of hydrogen-bond acceptors (Lipinski definition) is 5. The molecule has 0 aliphatic carbocycles. The molecule has 1 amide bonds. The fourth-order valence-electron chi connectivity index (χ4n) is 2.69. The summed E-state index contributed by atoms with van der Waals surface area (Å²) < 4.78 is 16.7. The lowest BCUT2D eigenvalue weighted by Gasteiger charge is -2.11. The van der Waals surface area contributed by atoms with Crippen LogP contribution in [0.25, 0.3) is 0 Å². The van der Waals surface area contributed by atoms with Gasteiger partial charge in [0.15, 0.2) is 5.11 Å². The summed E-state index contributed by atoms with van der Waals surface area (Å²) in [6.45, 7) is 4.84. The van der Waals surface area contributed by atoms with E-state index in [4.69, 9.17) is 26.4 Å². The molecule has 0 unspecified atom stereocenters. The second-order valence-electron chi connectivity index (χ2n) is 6.57. The molecule has 0 fully saturated rings. The topological polar surface area (TPSA) is 68.8 Å². The van der Waals surface area contributed by atoms with Crippen molar-refractivity contribution in [2.24, 2.45) is 0 Å². The van der Waals surface area contributed by atoms with Crippen LogP contribution in [0.2, 0.25) is 0 Å². The number of carbonyl (C=O) groups is 1. The van der Waals surface area contributed by atoms with E-state index in [0.29, 0.717) is 42.6 Å². The SMILES string of the molecule is C=CCOc1cccc(NC(=S)NC(=O)c2ccc(OCCOc3ccccc3)cc2)c1. The van der Waals surface area contributed by atoms with Gasteiger partial charge in [-0.05, 0) is 60.7 Å². The Morgan fingerprint density at radius 3 is 2.19 bits per heavy atom. The number of hydrogen-bond donors (Lipinski definition) is 2. The first-order valence-electron chi connectivity index (χ1n) is 10.0. The molecule has 0 saturated heterocycles. The third-order valence-corrected chi connectivity index (χ3v) is 4.37. The van der Waals surface area contributed by atoms with Crippen LogP contribution in [0.5, 0.6) is 17.2 Å². The first kappa shape index (κ1) is 22.8. The number of amides is 1. The van der Waals surface area contributed by atoms with E-state index in [2.05, 4.69) is 17.2 Å². The maximum absolute atomic E-state index is 12.4. The van der Waals surface area contributed by atoms with Gasteiger partial charge < -0.3 is 19.5 Å². The molecule has 0 heterocycles. The van der Waals surface area contributed by atoms with Gasteiger partial charge in [-0.3, -0.25) is 10.1 Å². The molecule has 0 spiro atoms. The fourth-order valence-corrected chi connectivity index (χ4v) is 2.91. The Hall–Kier alpha value is -3.84. The molecule has 0 aromatic heterocycles. The van der Waals surface area contributed by atoms with Crippen molar-refractivity contribution in [3.63, 3.8) is 0 Å². The van der Waals surface area contributed by atoms with Crippen LogP contribution in [-0.2, 0) is 0 Å². The van der Waals surface area contributed by atoms with Crippen LogP contribution in [0.3, 0.4) is 0 Å². The van der Waals surface area contributed by atoms with Crippen molar-refractivity contribution in [2.45, 2.75) is 0 Å². The molecule has 3 rings (SSSR count). The van der Waals surface area contributed by atoms with Gasteiger partial charge in [0.05, 0.1) is 0 Å². The number of para-hydroxylation sites is 1. The van der Waals surface area contributed by atoms with Crippen LogP contribution in [0.15, 0.2) is 91.5 Å². The highest BCUT2D eigenvalue weighted by Crippen LogP contribution is 2.17. The predicted molar refractivity (Wildman–Crippen MR) is 130 cm³/mol. The van der Waals surface area contributed by atoms with Crippen LogP contribution >= 0.6 is 12.2 Å². The van der Waals surface area contributed by atoms with E-state index in [1.54, 1.807) is 36.4 Å². The summed E-state index contributed by atoms with van der Waals surface area (Å²) in [5, 5.41) is 5.82. The number of benzene rings is 3. The molecule has 164 valence electrons. The van der Waals surface area contributed by atoms with Gasteiger partial charge in [-0.25, -0.2) is 0 Å². The van der Waals surface area contributed by atoms with Gasteiger partial charge in [0.25, 0.3) is 5.91 Å². The van der Waals surface area contributed by atoms with Crippen LogP contribution in [-0.4, -0.2) is 30.8 Å². The minimum Gasteiger partial charge on any atom is -0.490 e. The van der Waals surface area contributed by atoms with Crippen molar-refractivity contribution in [1.82, 2.24) is 5.32 Å². The summed E-state index contributed by atoms with van der Waals surface area (Å²) in [7, 11) is 0. The Morgan fingerprint density at radius 1 is 0.844 bits per heavy atom. The Kier molecular flexibility index (Phi) is 8.65. The van der Waals surface area contributed by atoms with E-state index in [9.17, 15) is 4.79 Å². The molecule has 2 N–H and O–H groups in total. The second kappa shape index (κ2) is 12.1. The summed E-state index contributed by atoms with van der Waals surface area (Å²) in [5.74, 6) is 1.80. The van der Waals surface area contributed by atoms with Crippen molar-refractivity contribution in [3.05, 3.63) is 97.1 Å². The molecule has 0 atom stereocenters. The number of nitrogens with one attached hydrogen (secondary N) is 2. The number of rotatable bonds is 10. The number of thiocarbonyl (C=S) groups is 1. The zero-order valence-corrected chi connectivity index (χ0v) is 18.3. The van der Waals surface area contributed by atoms with E-state index >= 15 is 0 Å². The number of anilines is 1. The van der Waals surface area contributed by atoms with Gasteiger partial charge in [0, 0.05) is 17.3 Å². The number of ether oxygens (including phenoxy) is 3. The van der Waals surface area contributed by atoms with Crippen molar-refractivity contribution in [2.75, 3.05) is 25.1 Å². The van der Waals surface area contributed by atoms with E-state index < -0.39 is 0 Å². The lowest BCUT2D eigenvalue weighted by Crippen LogP contribution is -2.34. The van der Waals surface area contributed by atoms with Crippen molar-refractivity contribution >= 4 is 28.9 Å². The van der Waals surface area contributed by atoms with Crippen LogP contribution in [0.4, 0.5) is 5.69 Å². The van der Waals surface area contributed by atoms with Gasteiger partial charge in [-0.15, -0.1) is 0 Å². The molecule has 0 aliphatic heterocycles. The van der Waals surface area contributed by atoms with Crippen molar-refractivity contribution < 1.29 is 19.0 Å². The van der Waals surface area contributed by atoms with E-state index in [1.807, 2.05) is 48.5 Å². The quantitative estimate of drug-likeness (QED) is 0.263. The zero-order chi connectivity index (χ0) is 22.6. The third kappa shape index (κ3) is 7.45. The van der Waals surface area contributed by atoms with Gasteiger partial charge in [0.2, 0.25) is 0 Å². The standard InChI is InChI=1S/C25H24N2O4S/c1-2-15-29-23-10-6-7-20(18-23)26-25(32)27-24(28)19-11-13-22(14-12-19)31-17-16-30-21-8-4-3-5-9-21/h2-14,18H,1,15-17H2,(H2,26,27,28,32). The van der Waals surface area contributed by atoms with E-state index in [0.717, 1.165) is 5.75 Å². The highest BCUT2D eigenvalue weighted by Gasteiger charge is 2.09. The van der Waals surface area contributed by atoms with Crippen LogP contribution in [0.1, 0.15) is 10.4 Å². The summed E-state index contributed by atoms with van der Waals surface area (Å²) in [5.41, 5.74) is 1.17. The molecule has 0 aliphatic rings. The Morgan fingerprint density at radius 2 is 1.50 bits per heavy atom. The van der Waals surface area contributed by atoms with Crippen LogP contribution in [0, 0.1) is 0 Å². The average Bonchev–Trinajstić information content (AvgIpc) is 2.81. The molecule has 3 aromatic carbocycles. The molecular weight excluding hydrogens is 424 g/mol. The summed E-state index contributed by atoms with van der Waals surface area (Å²) in [6.07, 6.45) is 1.67. The average molecular weight is 449 g/mol. The smallest absolute Gasteiger partial charge is 0.257 e. The zero-order valence-electron chi connectivity index (χ0n) is 17.5. The van der Waals surface area contributed by atoms with Gasteiger partial charge in [-0.2, -0.15) is 0 Å². The molecule has 6 nitrogen and oxygen atoms in total. The second-order valence-corrected chi connectivity index (χ2v) is 6.98. The Balaban J connectivity index is 1.43. The van der Waals surface area contributed by atoms with Crippen LogP contribution < -0.4 is 24.8 Å².